The van der Waals surface area contributed by atoms with Crippen LogP contribution in [0.15, 0.2) is 18.3 Å². The number of nitrogen functional groups attached to an aromatic ring is 1. The summed E-state index contributed by atoms with van der Waals surface area (Å²) in [5.74, 6) is 0.972. The van der Waals surface area contributed by atoms with E-state index in [9.17, 15) is 4.79 Å². The van der Waals surface area contributed by atoms with Gasteiger partial charge in [0.25, 0.3) is 0 Å². The number of ether oxygens (including phenoxy) is 1. The summed E-state index contributed by atoms with van der Waals surface area (Å²) < 4.78 is 7.46. The van der Waals surface area contributed by atoms with Crippen LogP contribution in [0.5, 0.6) is 0 Å². The Morgan fingerprint density at radius 2 is 1.90 bits per heavy atom. The third-order valence-electron chi connectivity index (χ3n) is 7.11. The molecule has 40 heavy (non-hydrogen) atoms. The normalized spacial score (nSPS) is 14.1. The molecule has 1 amide bonds. The molecule has 1 aliphatic heterocycles. The molecule has 0 aliphatic carbocycles. The second-order valence-electron chi connectivity index (χ2n) is 11.7. The fourth-order valence-electron chi connectivity index (χ4n) is 5.15. The van der Waals surface area contributed by atoms with Gasteiger partial charge in [-0.2, -0.15) is 10.1 Å². The number of nitrogens with two attached hydrogens (primary N) is 1. The van der Waals surface area contributed by atoms with Gasteiger partial charge < -0.3 is 20.7 Å². The fourth-order valence-corrected chi connectivity index (χ4v) is 5.15. The maximum absolute atomic E-state index is 12.4. The Morgan fingerprint density at radius 3 is 2.50 bits per heavy atom. The van der Waals surface area contributed by atoms with Crippen molar-refractivity contribution in [2.24, 2.45) is 0 Å². The van der Waals surface area contributed by atoms with Crippen LogP contribution < -0.4 is 11.1 Å². The largest absolute Gasteiger partial charge is 0.444 e. The van der Waals surface area contributed by atoms with Gasteiger partial charge in [0.15, 0.2) is 5.82 Å². The number of nitrogens with one attached hydrogen (secondary N) is 1. The molecule has 4 rings (SSSR count). The summed E-state index contributed by atoms with van der Waals surface area (Å²) >= 11 is 0. The van der Waals surface area contributed by atoms with Gasteiger partial charge in [0.05, 0.1) is 17.9 Å². The van der Waals surface area contributed by atoms with Crippen LogP contribution in [0.4, 0.5) is 16.6 Å². The van der Waals surface area contributed by atoms with E-state index in [4.69, 9.17) is 20.6 Å². The van der Waals surface area contributed by atoms with Crippen molar-refractivity contribution in [3.05, 3.63) is 40.9 Å². The molecule has 0 unspecified atom stereocenters. The van der Waals surface area contributed by atoms with E-state index < -0.39 is 5.60 Å². The Labute approximate surface area is 237 Å². The van der Waals surface area contributed by atoms with Gasteiger partial charge in [0, 0.05) is 25.3 Å². The highest BCUT2D eigenvalue weighted by molar-refractivity contribution is 5.88. The van der Waals surface area contributed by atoms with Crippen molar-refractivity contribution < 1.29 is 9.53 Å². The minimum absolute atomic E-state index is 0.244. The van der Waals surface area contributed by atoms with Crippen molar-refractivity contribution in [3.63, 3.8) is 0 Å². The maximum atomic E-state index is 12.4. The zero-order valence-corrected chi connectivity index (χ0v) is 25.0. The number of anilines is 2. The lowest BCUT2D eigenvalue weighted by atomic mass is 9.99. The molecule has 3 aromatic heterocycles. The van der Waals surface area contributed by atoms with Crippen molar-refractivity contribution in [1.82, 2.24) is 29.6 Å². The lowest BCUT2D eigenvalue weighted by Gasteiger charge is -2.29. The third-order valence-corrected chi connectivity index (χ3v) is 7.11. The molecule has 1 aliphatic rings. The standard InChI is InChI=1S/C30H44N8O2/c1-8-10-23(11-9-2)33-27-26-25(34-28(31)35-27)20(4)36-38(26)18-24-19(3)16-22(17-32-24)21-12-14-37(15-13-21)29(39)40-30(5,6)7/h12,16-17,23H,8-11,13-15,18H2,1-7H3,(H3,31,33,34,35). The lowest BCUT2D eigenvalue weighted by molar-refractivity contribution is 0.0270. The quantitative estimate of drug-likeness (QED) is 0.340. The number of carbonyl (C=O) groups is 1. The molecule has 216 valence electrons. The Morgan fingerprint density at radius 1 is 1.18 bits per heavy atom. The molecule has 4 heterocycles. The summed E-state index contributed by atoms with van der Waals surface area (Å²) in [6, 6.07) is 2.48. The first kappa shape index (κ1) is 29.3. The predicted octanol–water partition coefficient (Wildman–Crippen LogP) is 5.87. The summed E-state index contributed by atoms with van der Waals surface area (Å²) in [6.07, 6.45) is 8.78. The van der Waals surface area contributed by atoms with Gasteiger partial charge in [0.2, 0.25) is 5.95 Å². The first-order chi connectivity index (χ1) is 19.0. The number of hydrogen-bond donors (Lipinski definition) is 2. The Kier molecular flexibility index (Phi) is 8.95. The van der Waals surface area contributed by atoms with Crippen molar-refractivity contribution >= 4 is 34.5 Å². The Balaban J connectivity index is 1.56. The maximum Gasteiger partial charge on any atom is 0.410 e. The highest BCUT2D eigenvalue weighted by Crippen LogP contribution is 2.28. The van der Waals surface area contributed by atoms with Crippen LogP contribution in [0.1, 0.15) is 89.2 Å². The first-order valence-electron chi connectivity index (χ1n) is 14.4. The monoisotopic (exact) mass is 548 g/mol. The molecule has 0 bridgehead atoms. The number of hydrogen-bond acceptors (Lipinski definition) is 8. The minimum Gasteiger partial charge on any atom is -0.444 e. The smallest absolute Gasteiger partial charge is 0.410 e. The Hall–Kier alpha value is -3.69. The minimum atomic E-state index is -0.501. The summed E-state index contributed by atoms with van der Waals surface area (Å²) in [4.78, 5) is 28.1. The SMILES string of the molecule is CCCC(CCC)Nc1nc(N)nc2c(C)nn(Cc3ncc(C4=CCN(C(=O)OC(C)(C)C)CC4)cc3C)c12. The average Bonchev–Trinajstić information content (AvgIpc) is 3.19. The molecule has 0 fully saturated rings. The molecular weight excluding hydrogens is 504 g/mol. The van der Waals surface area contributed by atoms with Gasteiger partial charge in [-0.15, -0.1) is 0 Å². The average molecular weight is 549 g/mol. The van der Waals surface area contributed by atoms with E-state index in [1.807, 2.05) is 38.6 Å². The summed E-state index contributed by atoms with van der Waals surface area (Å²) in [6.45, 7) is 15.7. The molecule has 0 atom stereocenters. The lowest BCUT2D eigenvalue weighted by Crippen LogP contribution is -2.39. The van der Waals surface area contributed by atoms with Crippen molar-refractivity contribution in [1.29, 1.82) is 0 Å². The van der Waals surface area contributed by atoms with Crippen LogP contribution in [0.3, 0.4) is 0 Å². The second-order valence-corrected chi connectivity index (χ2v) is 11.7. The van der Waals surface area contributed by atoms with E-state index in [-0.39, 0.29) is 12.0 Å². The van der Waals surface area contributed by atoms with Crippen molar-refractivity contribution in [3.8, 4) is 0 Å². The van der Waals surface area contributed by atoms with Gasteiger partial charge >= 0.3 is 6.09 Å². The molecule has 0 saturated heterocycles. The van der Waals surface area contributed by atoms with Crippen molar-refractivity contribution in [2.45, 2.75) is 98.8 Å². The number of nitrogens with zero attached hydrogens (tertiary/aromatic N) is 6. The topological polar surface area (TPSA) is 124 Å². The summed E-state index contributed by atoms with van der Waals surface area (Å²) in [5.41, 5.74) is 12.3. The molecule has 3 aromatic rings. The fraction of sp³-hybridized carbons (Fsp3) is 0.567. The van der Waals surface area contributed by atoms with E-state index in [1.54, 1.807) is 4.90 Å². The molecule has 10 heteroatoms. The van der Waals surface area contributed by atoms with E-state index in [1.165, 1.54) is 5.57 Å². The molecule has 0 saturated carbocycles. The van der Waals surface area contributed by atoms with Gasteiger partial charge in [-0.1, -0.05) is 32.8 Å². The summed E-state index contributed by atoms with van der Waals surface area (Å²) in [7, 11) is 0. The van der Waals surface area contributed by atoms with Crippen LogP contribution in [-0.4, -0.2) is 60.5 Å². The molecule has 0 radical (unpaired) electrons. The van der Waals surface area contributed by atoms with Crippen LogP contribution in [0.25, 0.3) is 16.6 Å². The number of aryl methyl sites for hydroxylation is 2. The van der Waals surface area contributed by atoms with Crippen molar-refractivity contribution in [2.75, 3.05) is 24.1 Å². The molecule has 10 nitrogen and oxygen atoms in total. The van der Waals surface area contributed by atoms with E-state index in [2.05, 4.69) is 48.2 Å². The highest BCUT2D eigenvalue weighted by atomic mass is 16.6. The number of pyridine rings is 1. The van der Waals surface area contributed by atoms with E-state index >= 15 is 0 Å². The molecule has 0 aromatic carbocycles. The predicted molar refractivity (Wildman–Crippen MR) is 160 cm³/mol. The van der Waals surface area contributed by atoms with Gasteiger partial charge in [-0.3, -0.25) is 9.67 Å². The van der Waals surface area contributed by atoms with Crippen LogP contribution >= 0.6 is 0 Å². The zero-order chi connectivity index (χ0) is 29.0. The zero-order valence-electron chi connectivity index (χ0n) is 25.0. The van der Waals surface area contributed by atoms with Crippen LogP contribution in [0.2, 0.25) is 0 Å². The number of rotatable bonds is 9. The first-order valence-corrected chi connectivity index (χ1v) is 14.4. The van der Waals surface area contributed by atoms with E-state index in [0.717, 1.165) is 71.5 Å². The summed E-state index contributed by atoms with van der Waals surface area (Å²) in [5, 5.41) is 8.45. The highest BCUT2D eigenvalue weighted by Gasteiger charge is 2.24. The van der Waals surface area contributed by atoms with Crippen LogP contribution in [0, 0.1) is 13.8 Å². The van der Waals surface area contributed by atoms with Gasteiger partial charge in [-0.05, 0) is 76.6 Å². The molecule has 0 spiro atoms. The molecule has 3 N–H and O–H groups in total. The van der Waals surface area contributed by atoms with Gasteiger partial charge in [0.1, 0.15) is 16.6 Å². The number of aromatic nitrogens is 5. The van der Waals surface area contributed by atoms with E-state index in [0.29, 0.717) is 25.7 Å². The second kappa shape index (κ2) is 12.2. The number of amides is 1. The molecular formula is C30H44N8O2. The number of carbonyl (C=O) groups excluding carboxylic acids is 1. The third kappa shape index (κ3) is 6.89. The Bertz CT molecular complexity index is 1380. The van der Waals surface area contributed by atoms with Crippen LogP contribution in [-0.2, 0) is 11.3 Å². The number of fused-ring (bicyclic) bond motifs is 1. The van der Waals surface area contributed by atoms with Gasteiger partial charge in [-0.25, -0.2) is 9.78 Å².